The molecule has 0 bridgehead atoms. The average molecular weight is 247 g/mol. The summed E-state index contributed by atoms with van der Waals surface area (Å²) in [6.07, 6.45) is 11.1. The summed E-state index contributed by atoms with van der Waals surface area (Å²) in [6, 6.07) is 0. The number of aryl methyl sites for hydroxylation is 1. The number of imidazole rings is 1. The van der Waals surface area contributed by atoms with Crippen LogP contribution in [0.1, 0.15) is 44.9 Å². The van der Waals surface area contributed by atoms with Crippen molar-refractivity contribution in [2.45, 2.75) is 52.1 Å². The van der Waals surface area contributed by atoms with Crippen LogP contribution in [0.15, 0.2) is 12.4 Å². The van der Waals surface area contributed by atoms with Crippen molar-refractivity contribution in [3.63, 3.8) is 0 Å². The fraction of sp³-hybridized carbons (Fsp3) is 0.800. The third-order valence-electron chi connectivity index (χ3n) is 4.38. The van der Waals surface area contributed by atoms with E-state index in [9.17, 15) is 0 Å². The normalized spacial score (nSPS) is 19.7. The summed E-state index contributed by atoms with van der Waals surface area (Å²) in [5.41, 5.74) is 0. The predicted molar refractivity (Wildman–Crippen MR) is 73.2 cm³/mol. The number of nitrogens with zero attached hydrogens (tertiary/aromatic N) is 2. The second-order valence-electron chi connectivity index (χ2n) is 6.01. The first kappa shape index (κ1) is 12.2. The molecular formula is C15H25N3. The van der Waals surface area contributed by atoms with Gasteiger partial charge < -0.3 is 9.88 Å². The Morgan fingerprint density at radius 2 is 2.06 bits per heavy atom. The molecule has 3 rings (SSSR count). The van der Waals surface area contributed by atoms with Gasteiger partial charge in [-0.25, -0.2) is 4.98 Å². The maximum Gasteiger partial charge on any atom is 0.122 e. The zero-order valence-corrected chi connectivity index (χ0v) is 11.4. The fourth-order valence-electron chi connectivity index (χ4n) is 3.07. The Bertz CT molecular complexity index is 365. The molecule has 0 unspecified atom stereocenters. The minimum Gasteiger partial charge on any atom is -0.334 e. The minimum atomic E-state index is 0.933. The predicted octanol–water partition coefficient (Wildman–Crippen LogP) is 2.82. The highest BCUT2D eigenvalue weighted by Crippen LogP contribution is 2.48. The summed E-state index contributed by atoms with van der Waals surface area (Å²) in [5, 5.41) is 3.65. The summed E-state index contributed by atoms with van der Waals surface area (Å²) in [5.74, 6) is 4.24. The van der Waals surface area contributed by atoms with E-state index in [0.717, 1.165) is 30.8 Å². The first-order valence-corrected chi connectivity index (χ1v) is 7.59. The zero-order valence-electron chi connectivity index (χ0n) is 11.4. The van der Waals surface area contributed by atoms with Crippen molar-refractivity contribution in [3.05, 3.63) is 18.2 Å². The number of aromatic nitrogens is 2. The average Bonchev–Trinajstić information content (AvgIpc) is 3.27. The first-order chi connectivity index (χ1) is 8.88. The van der Waals surface area contributed by atoms with Crippen LogP contribution in [-0.2, 0) is 13.1 Å². The molecule has 0 saturated heterocycles. The topological polar surface area (TPSA) is 29.9 Å². The van der Waals surface area contributed by atoms with Gasteiger partial charge in [-0.1, -0.05) is 6.92 Å². The van der Waals surface area contributed by atoms with Gasteiger partial charge in [0.05, 0.1) is 6.54 Å². The molecule has 0 amide bonds. The SMILES string of the molecule is CCCn1ccnc1CNCC(C1CC1)C1CC1. The molecule has 0 aromatic carbocycles. The van der Waals surface area contributed by atoms with Gasteiger partial charge in [-0.05, 0) is 56.4 Å². The van der Waals surface area contributed by atoms with Crippen LogP contribution < -0.4 is 5.32 Å². The molecule has 100 valence electrons. The van der Waals surface area contributed by atoms with Gasteiger partial charge in [0.2, 0.25) is 0 Å². The summed E-state index contributed by atoms with van der Waals surface area (Å²) < 4.78 is 2.27. The third kappa shape index (κ3) is 2.94. The lowest BCUT2D eigenvalue weighted by molar-refractivity contribution is 0.375. The van der Waals surface area contributed by atoms with Crippen molar-refractivity contribution in [2.24, 2.45) is 17.8 Å². The van der Waals surface area contributed by atoms with Crippen molar-refractivity contribution in [1.29, 1.82) is 0 Å². The van der Waals surface area contributed by atoms with Gasteiger partial charge in [-0.15, -0.1) is 0 Å². The highest BCUT2D eigenvalue weighted by molar-refractivity contribution is 4.95. The van der Waals surface area contributed by atoms with E-state index >= 15 is 0 Å². The van der Waals surface area contributed by atoms with Crippen molar-refractivity contribution in [3.8, 4) is 0 Å². The molecule has 1 N–H and O–H groups in total. The van der Waals surface area contributed by atoms with Crippen molar-refractivity contribution in [2.75, 3.05) is 6.54 Å². The minimum absolute atomic E-state index is 0.933. The molecule has 2 fully saturated rings. The van der Waals surface area contributed by atoms with Crippen LogP contribution in [0.5, 0.6) is 0 Å². The van der Waals surface area contributed by atoms with Crippen molar-refractivity contribution < 1.29 is 0 Å². The molecule has 3 nitrogen and oxygen atoms in total. The van der Waals surface area contributed by atoms with E-state index in [4.69, 9.17) is 0 Å². The number of nitrogens with one attached hydrogen (secondary N) is 1. The summed E-state index contributed by atoms with van der Waals surface area (Å²) in [7, 11) is 0. The Hall–Kier alpha value is -0.830. The van der Waals surface area contributed by atoms with E-state index < -0.39 is 0 Å². The lowest BCUT2D eigenvalue weighted by Gasteiger charge is -2.16. The molecule has 0 radical (unpaired) electrons. The van der Waals surface area contributed by atoms with Crippen LogP contribution >= 0.6 is 0 Å². The van der Waals surface area contributed by atoms with Gasteiger partial charge in [-0.3, -0.25) is 0 Å². The smallest absolute Gasteiger partial charge is 0.122 e. The molecule has 1 aromatic rings. The molecule has 0 atom stereocenters. The Balaban J connectivity index is 1.46. The van der Waals surface area contributed by atoms with Gasteiger partial charge >= 0.3 is 0 Å². The molecule has 1 aromatic heterocycles. The van der Waals surface area contributed by atoms with Crippen LogP contribution in [-0.4, -0.2) is 16.1 Å². The Morgan fingerprint density at radius 1 is 1.33 bits per heavy atom. The molecular weight excluding hydrogens is 222 g/mol. The largest absolute Gasteiger partial charge is 0.334 e. The van der Waals surface area contributed by atoms with E-state index in [-0.39, 0.29) is 0 Å². The highest BCUT2D eigenvalue weighted by atomic mass is 15.1. The van der Waals surface area contributed by atoms with Crippen molar-refractivity contribution in [1.82, 2.24) is 14.9 Å². The molecule has 2 aliphatic rings. The lowest BCUT2D eigenvalue weighted by Crippen LogP contribution is -2.26. The van der Waals surface area contributed by atoms with Gasteiger partial charge in [0.25, 0.3) is 0 Å². The van der Waals surface area contributed by atoms with E-state index in [1.165, 1.54) is 44.5 Å². The van der Waals surface area contributed by atoms with E-state index in [0.29, 0.717) is 0 Å². The Labute approximate surface area is 110 Å². The Kier molecular flexibility index (Phi) is 3.69. The number of hydrogen-bond donors (Lipinski definition) is 1. The monoisotopic (exact) mass is 247 g/mol. The maximum absolute atomic E-state index is 4.45. The quantitative estimate of drug-likeness (QED) is 0.765. The molecule has 1 heterocycles. The molecule has 2 aliphatic carbocycles. The van der Waals surface area contributed by atoms with Crippen LogP contribution in [0.2, 0.25) is 0 Å². The molecule has 0 aliphatic heterocycles. The lowest BCUT2D eigenvalue weighted by atomic mass is 9.98. The summed E-state index contributed by atoms with van der Waals surface area (Å²) in [6.45, 7) is 5.44. The zero-order chi connectivity index (χ0) is 12.4. The second-order valence-corrected chi connectivity index (χ2v) is 6.01. The number of hydrogen-bond acceptors (Lipinski definition) is 2. The number of rotatable bonds is 8. The van der Waals surface area contributed by atoms with Crippen LogP contribution in [0.4, 0.5) is 0 Å². The van der Waals surface area contributed by atoms with Crippen LogP contribution in [0, 0.1) is 17.8 Å². The summed E-state index contributed by atoms with van der Waals surface area (Å²) in [4.78, 5) is 4.45. The maximum atomic E-state index is 4.45. The molecule has 0 spiro atoms. The fourth-order valence-corrected chi connectivity index (χ4v) is 3.07. The molecule has 3 heteroatoms. The second kappa shape index (κ2) is 5.43. The Morgan fingerprint density at radius 3 is 2.67 bits per heavy atom. The van der Waals surface area contributed by atoms with Crippen LogP contribution in [0.3, 0.4) is 0 Å². The van der Waals surface area contributed by atoms with E-state index in [1.54, 1.807) is 0 Å². The van der Waals surface area contributed by atoms with Gasteiger partial charge in [0, 0.05) is 18.9 Å². The third-order valence-corrected chi connectivity index (χ3v) is 4.38. The standard InChI is InChI=1S/C15H25N3/c1-2-8-18-9-7-17-15(18)11-16-10-14(12-3-4-12)13-5-6-13/h7,9,12-14,16H,2-6,8,10-11H2,1H3. The first-order valence-electron chi connectivity index (χ1n) is 7.59. The van der Waals surface area contributed by atoms with Crippen molar-refractivity contribution >= 4 is 0 Å². The highest BCUT2D eigenvalue weighted by Gasteiger charge is 2.40. The summed E-state index contributed by atoms with van der Waals surface area (Å²) >= 11 is 0. The molecule has 2 saturated carbocycles. The molecule has 18 heavy (non-hydrogen) atoms. The van der Waals surface area contributed by atoms with Crippen LogP contribution in [0.25, 0.3) is 0 Å². The van der Waals surface area contributed by atoms with E-state index in [2.05, 4.69) is 28.0 Å². The van der Waals surface area contributed by atoms with Gasteiger partial charge in [-0.2, -0.15) is 0 Å². The van der Waals surface area contributed by atoms with Gasteiger partial charge in [0.1, 0.15) is 5.82 Å². The van der Waals surface area contributed by atoms with Gasteiger partial charge in [0.15, 0.2) is 0 Å². The van der Waals surface area contributed by atoms with E-state index in [1.807, 2.05) is 6.20 Å².